The predicted octanol–water partition coefficient (Wildman–Crippen LogP) is 3.37. The van der Waals surface area contributed by atoms with Crippen molar-refractivity contribution in [1.82, 2.24) is 5.32 Å². The van der Waals surface area contributed by atoms with E-state index in [1.54, 1.807) is 20.8 Å². The van der Waals surface area contributed by atoms with E-state index in [2.05, 4.69) is 5.32 Å². The van der Waals surface area contributed by atoms with Crippen LogP contribution in [-0.4, -0.2) is 48.6 Å². The number of carboxylic acid groups (broad SMARTS) is 1. The summed E-state index contributed by atoms with van der Waals surface area (Å²) in [5, 5.41) is 11.4. The molecule has 2 N–H and O–H groups in total. The molecule has 7 nitrogen and oxygen atoms in total. The molecule has 0 aromatic heterocycles. The number of benzene rings is 1. The molecule has 0 heterocycles. The van der Waals surface area contributed by atoms with Crippen LogP contribution in [-0.2, 0) is 25.6 Å². The van der Waals surface area contributed by atoms with Crippen molar-refractivity contribution in [2.75, 3.05) is 19.8 Å². The maximum Gasteiger partial charge on any atom is 0.407 e. The van der Waals surface area contributed by atoms with Crippen LogP contribution in [0, 0.1) is 0 Å². The molecule has 0 radical (unpaired) electrons. The zero-order valence-electron chi connectivity index (χ0n) is 16.4. The van der Waals surface area contributed by atoms with Crippen LogP contribution in [0.4, 0.5) is 4.79 Å². The van der Waals surface area contributed by atoms with E-state index in [4.69, 9.17) is 19.3 Å². The highest BCUT2D eigenvalue weighted by Gasteiger charge is 2.19. The first-order chi connectivity index (χ1) is 12.8. The first-order valence-corrected chi connectivity index (χ1v) is 9.17. The number of amides is 1. The summed E-state index contributed by atoms with van der Waals surface area (Å²) < 4.78 is 16.0. The lowest BCUT2D eigenvalue weighted by molar-refractivity contribution is -0.142. The molecule has 0 saturated heterocycles. The Labute approximate surface area is 161 Å². The van der Waals surface area contributed by atoms with Gasteiger partial charge in [0.15, 0.2) is 0 Å². The second-order valence-corrected chi connectivity index (χ2v) is 7.29. The highest BCUT2D eigenvalue weighted by Crippen LogP contribution is 2.09. The SMILES string of the molecule is CC(C)(C)OC(=O)N[C@@H](CCCCOCc1ccccc1)COCC(=O)O. The molecule has 1 aromatic carbocycles. The third-order valence-electron chi connectivity index (χ3n) is 3.47. The summed E-state index contributed by atoms with van der Waals surface area (Å²) in [5.41, 5.74) is 0.533. The number of ether oxygens (including phenoxy) is 3. The van der Waals surface area contributed by atoms with Crippen LogP contribution in [0.25, 0.3) is 0 Å². The van der Waals surface area contributed by atoms with Crippen molar-refractivity contribution in [3.05, 3.63) is 35.9 Å². The summed E-state index contributed by atoms with van der Waals surface area (Å²) in [6, 6.07) is 9.63. The van der Waals surface area contributed by atoms with Gasteiger partial charge in [0.25, 0.3) is 0 Å². The summed E-state index contributed by atoms with van der Waals surface area (Å²) in [6.45, 7) is 6.26. The van der Waals surface area contributed by atoms with Crippen molar-refractivity contribution < 1.29 is 28.9 Å². The second-order valence-electron chi connectivity index (χ2n) is 7.29. The van der Waals surface area contributed by atoms with Crippen molar-refractivity contribution in [3.63, 3.8) is 0 Å². The second kappa shape index (κ2) is 12.3. The van der Waals surface area contributed by atoms with Crippen LogP contribution in [0.1, 0.15) is 45.6 Å². The van der Waals surface area contributed by atoms with Crippen LogP contribution >= 0.6 is 0 Å². The lowest BCUT2D eigenvalue weighted by Gasteiger charge is -2.23. The summed E-state index contributed by atoms with van der Waals surface area (Å²) >= 11 is 0. The van der Waals surface area contributed by atoms with Crippen molar-refractivity contribution in [3.8, 4) is 0 Å². The van der Waals surface area contributed by atoms with Gasteiger partial charge in [-0.2, -0.15) is 0 Å². The van der Waals surface area contributed by atoms with Crippen molar-refractivity contribution >= 4 is 12.1 Å². The maximum absolute atomic E-state index is 11.9. The third kappa shape index (κ3) is 12.8. The predicted molar refractivity (Wildman–Crippen MR) is 102 cm³/mol. The molecule has 0 aliphatic carbocycles. The van der Waals surface area contributed by atoms with Gasteiger partial charge >= 0.3 is 12.1 Å². The number of hydrogen-bond acceptors (Lipinski definition) is 5. The molecule has 0 spiro atoms. The van der Waals surface area contributed by atoms with Gasteiger partial charge in [0.2, 0.25) is 0 Å². The molecule has 1 aromatic rings. The van der Waals surface area contributed by atoms with E-state index in [1.807, 2.05) is 30.3 Å². The van der Waals surface area contributed by atoms with Crippen molar-refractivity contribution in [2.45, 2.75) is 58.3 Å². The minimum absolute atomic E-state index is 0.121. The molecule has 0 aliphatic rings. The highest BCUT2D eigenvalue weighted by molar-refractivity contribution is 5.68. The fraction of sp³-hybridized carbons (Fsp3) is 0.600. The number of aliphatic carboxylic acids is 1. The average Bonchev–Trinajstić information content (AvgIpc) is 2.56. The molecule has 0 saturated carbocycles. The monoisotopic (exact) mass is 381 g/mol. The van der Waals surface area contributed by atoms with Gasteiger partial charge in [0, 0.05) is 6.61 Å². The Hall–Kier alpha value is -2.12. The van der Waals surface area contributed by atoms with E-state index in [1.165, 1.54) is 0 Å². The Morgan fingerprint density at radius 3 is 2.44 bits per heavy atom. The molecule has 0 fully saturated rings. The molecule has 152 valence electrons. The first-order valence-electron chi connectivity index (χ1n) is 9.17. The van der Waals surface area contributed by atoms with Crippen molar-refractivity contribution in [1.29, 1.82) is 0 Å². The molecule has 1 atom stereocenters. The molecular weight excluding hydrogens is 350 g/mol. The zero-order valence-corrected chi connectivity index (χ0v) is 16.4. The van der Waals surface area contributed by atoms with Crippen molar-refractivity contribution in [2.24, 2.45) is 0 Å². The summed E-state index contributed by atoms with van der Waals surface area (Å²) in [7, 11) is 0. The molecule has 7 heteroatoms. The Balaban J connectivity index is 2.29. The summed E-state index contributed by atoms with van der Waals surface area (Å²) in [4.78, 5) is 22.5. The lowest BCUT2D eigenvalue weighted by Crippen LogP contribution is -2.41. The normalized spacial score (nSPS) is 12.4. The molecule has 0 aliphatic heterocycles. The van der Waals surface area contributed by atoms with Crippen LogP contribution in [0.3, 0.4) is 0 Å². The topological polar surface area (TPSA) is 94.1 Å². The van der Waals surface area contributed by atoms with Gasteiger partial charge < -0.3 is 24.6 Å². The van der Waals surface area contributed by atoms with Crippen LogP contribution in [0.2, 0.25) is 0 Å². The minimum atomic E-state index is -1.04. The van der Waals surface area contributed by atoms with Gasteiger partial charge in [0.05, 0.1) is 19.3 Å². The van der Waals surface area contributed by atoms with Gasteiger partial charge in [0.1, 0.15) is 12.2 Å². The Kier molecular flexibility index (Phi) is 10.4. The van der Waals surface area contributed by atoms with E-state index in [-0.39, 0.29) is 12.6 Å². The molecular formula is C20H31NO6. The summed E-state index contributed by atoms with van der Waals surface area (Å²) in [6.07, 6.45) is 1.75. The number of rotatable bonds is 12. The quantitative estimate of drug-likeness (QED) is 0.539. The average molecular weight is 381 g/mol. The fourth-order valence-electron chi connectivity index (χ4n) is 2.32. The fourth-order valence-corrected chi connectivity index (χ4v) is 2.32. The largest absolute Gasteiger partial charge is 0.480 e. The number of carbonyl (C=O) groups excluding carboxylic acids is 1. The lowest BCUT2D eigenvalue weighted by atomic mass is 10.1. The summed E-state index contributed by atoms with van der Waals surface area (Å²) in [5.74, 6) is -1.04. The van der Waals surface area contributed by atoms with Crippen LogP contribution < -0.4 is 5.32 Å². The minimum Gasteiger partial charge on any atom is -0.480 e. The van der Waals surface area contributed by atoms with Gasteiger partial charge in [-0.15, -0.1) is 0 Å². The zero-order chi connectivity index (χ0) is 20.1. The molecule has 0 unspecified atom stereocenters. The smallest absolute Gasteiger partial charge is 0.407 e. The van der Waals surface area contributed by atoms with Gasteiger partial charge in [-0.05, 0) is 45.6 Å². The molecule has 0 bridgehead atoms. The Morgan fingerprint density at radius 2 is 1.81 bits per heavy atom. The molecule has 27 heavy (non-hydrogen) atoms. The Morgan fingerprint density at radius 1 is 1.11 bits per heavy atom. The first kappa shape index (κ1) is 22.9. The Bertz CT molecular complexity index is 555. The van der Waals surface area contributed by atoms with Gasteiger partial charge in [-0.1, -0.05) is 30.3 Å². The van der Waals surface area contributed by atoms with E-state index in [9.17, 15) is 9.59 Å². The number of nitrogens with one attached hydrogen (secondary N) is 1. The molecule has 1 rings (SSSR count). The van der Waals surface area contributed by atoms with Crippen LogP contribution in [0.5, 0.6) is 0 Å². The number of unbranched alkanes of at least 4 members (excludes halogenated alkanes) is 1. The third-order valence-corrected chi connectivity index (χ3v) is 3.47. The van der Waals surface area contributed by atoms with Crippen LogP contribution in [0.15, 0.2) is 30.3 Å². The van der Waals surface area contributed by atoms with E-state index in [0.29, 0.717) is 19.6 Å². The van der Waals surface area contributed by atoms with E-state index in [0.717, 1.165) is 18.4 Å². The molecule has 1 amide bonds. The number of carbonyl (C=O) groups is 2. The van der Waals surface area contributed by atoms with Gasteiger partial charge in [-0.3, -0.25) is 0 Å². The number of hydrogen-bond donors (Lipinski definition) is 2. The number of alkyl carbamates (subject to hydrolysis) is 1. The van der Waals surface area contributed by atoms with E-state index < -0.39 is 24.3 Å². The highest BCUT2D eigenvalue weighted by atomic mass is 16.6. The van der Waals surface area contributed by atoms with Gasteiger partial charge in [-0.25, -0.2) is 9.59 Å². The number of carboxylic acids is 1. The maximum atomic E-state index is 11.9. The van der Waals surface area contributed by atoms with E-state index >= 15 is 0 Å². The standard InChI is InChI=1S/C20H31NO6/c1-20(2,3)27-19(24)21-17(14-26-15-18(22)23)11-7-8-12-25-13-16-9-5-4-6-10-16/h4-6,9-10,17H,7-8,11-15H2,1-3H3,(H,21,24)(H,22,23)/t17-/m0/s1.